The van der Waals surface area contributed by atoms with E-state index >= 15 is 0 Å². The molecule has 0 bridgehead atoms. The van der Waals surface area contributed by atoms with Gasteiger partial charge in [0.25, 0.3) is 0 Å². The predicted octanol–water partition coefficient (Wildman–Crippen LogP) is 2.02. The third kappa shape index (κ3) is 3.06. The van der Waals surface area contributed by atoms with E-state index in [4.69, 9.17) is 9.47 Å². The van der Waals surface area contributed by atoms with Crippen LogP contribution >= 0.6 is 0 Å². The lowest BCUT2D eigenvalue weighted by Crippen LogP contribution is -2.18. The van der Waals surface area contributed by atoms with Crippen LogP contribution in [0.15, 0.2) is 24.3 Å². The van der Waals surface area contributed by atoms with Gasteiger partial charge in [-0.1, -0.05) is 12.1 Å². The van der Waals surface area contributed by atoms with Crippen LogP contribution in [0.4, 0.5) is 0 Å². The van der Waals surface area contributed by atoms with Crippen LogP contribution in [-0.2, 0) is 16.0 Å². The van der Waals surface area contributed by atoms with Gasteiger partial charge in [-0.15, -0.1) is 15.0 Å². The molecule has 3 atom stereocenters. The molecule has 10 nitrogen and oxygen atoms in total. The first-order valence-corrected chi connectivity index (χ1v) is 9.36. The van der Waals surface area contributed by atoms with Crippen LogP contribution in [0, 0.1) is 5.92 Å². The van der Waals surface area contributed by atoms with E-state index in [1.807, 2.05) is 0 Å². The van der Waals surface area contributed by atoms with Gasteiger partial charge in [0.1, 0.15) is 17.0 Å². The molecule has 2 aliphatic rings. The Kier molecular flexibility index (Phi) is 3.93. The summed E-state index contributed by atoms with van der Waals surface area (Å²) in [6, 6.07) is 6.36. The van der Waals surface area contributed by atoms with Crippen molar-refractivity contribution in [2.24, 2.45) is 5.92 Å². The zero-order valence-electron chi connectivity index (χ0n) is 15.8. The number of carbonyl (C=O) groups excluding carboxylic acids is 2. The Morgan fingerprint density at radius 3 is 2.97 bits per heavy atom. The Labute approximate surface area is 165 Å². The van der Waals surface area contributed by atoms with Gasteiger partial charge >= 0.3 is 11.9 Å². The van der Waals surface area contributed by atoms with Crippen LogP contribution in [0.3, 0.4) is 0 Å². The fraction of sp³-hybridized carbons (Fsp3) is 0.368. The van der Waals surface area contributed by atoms with E-state index in [-0.39, 0.29) is 11.3 Å². The summed E-state index contributed by atoms with van der Waals surface area (Å²) in [5.74, 6) is 0.657. The van der Waals surface area contributed by atoms with Gasteiger partial charge in [0.15, 0.2) is 0 Å². The number of nitrogens with one attached hydrogen (secondary N) is 1. The number of aromatic amines is 1. The third-order valence-corrected chi connectivity index (χ3v) is 5.26. The van der Waals surface area contributed by atoms with Crippen LogP contribution in [0.25, 0.3) is 11.5 Å². The van der Waals surface area contributed by atoms with Gasteiger partial charge in [0, 0.05) is 24.1 Å². The third-order valence-electron chi connectivity index (χ3n) is 5.26. The molecule has 0 saturated heterocycles. The summed E-state index contributed by atoms with van der Waals surface area (Å²) in [5.41, 5.74) is 3.19. The van der Waals surface area contributed by atoms with Crippen molar-refractivity contribution in [3.8, 4) is 17.3 Å². The number of para-hydroxylation sites is 1. The SMILES string of the molecule is CC(=O)Oc1ccccc1C(=O)OC(C)n1nnc(-c2n[nH]c3c2CC2CC32)n1. The molecule has 2 aromatic heterocycles. The lowest BCUT2D eigenvalue weighted by atomic mass is 10.1. The van der Waals surface area contributed by atoms with Crippen LogP contribution in [0.1, 0.15) is 54.0 Å². The van der Waals surface area contributed by atoms with Crippen molar-refractivity contribution in [3.05, 3.63) is 41.1 Å². The van der Waals surface area contributed by atoms with Gasteiger partial charge in [-0.2, -0.15) is 5.10 Å². The molecule has 1 saturated carbocycles. The van der Waals surface area contributed by atoms with E-state index in [2.05, 4.69) is 25.6 Å². The number of rotatable bonds is 5. The minimum atomic E-state index is -0.811. The number of ether oxygens (including phenoxy) is 2. The second kappa shape index (κ2) is 6.50. The highest BCUT2D eigenvalue weighted by atomic mass is 16.6. The quantitative estimate of drug-likeness (QED) is 0.515. The molecule has 1 N–H and O–H groups in total. The minimum Gasteiger partial charge on any atom is -0.435 e. The summed E-state index contributed by atoms with van der Waals surface area (Å²) < 4.78 is 10.5. The number of benzene rings is 1. The van der Waals surface area contributed by atoms with Gasteiger partial charge in [-0.3, -0.25) is 9.89 Å². The van der Waals surface area contributed by atoms with E-state index in [1.165, 1.54) is 36.0 Å². The molecule has 0 spiro atoms. The largest absolute Gasteiger partial charge is 0.435 e. The Morgan fingerprint density at radius 2 is 2.14 bits per heavy atom. The van der Waals surface area contributed by atoms with Crippen molar-refractivity contribution < 1.29 is 19.1 Å². The first-order chi connectivity index (χ1) is 14.0. The summed E-state index contributed by atoms with van der Waals surface area (Å²) in [5, 5.41) is 19.9. The topological polar surface area (TPSA) is 125 Å². The lowest BCUT2D eigenvalue weighted by Gasteiger charge is -2.13. The number of tetrazole rings is 1. The highest BCUT2D eigenvalue weighted by Gasteiger charge is 2.48. The molecule has 2 heterocycles. The van der Waals surface area contributed by atoms with E-state index in [9.17, 15) is 9.59 Å². The van der Waals surface area contributed by atoms with E-state index in [0.29, 0.717) is 23.4 Å². The summed E-state index contributed by atoms with van der Waals surface area (Å²) in [6.45, 7) is 2.89. The van der Waals surface area contributed by atoms with E-state index in [1.54, 1.807) is 19.1 Å². The maximum Gasteiger partial charge on any atom is 0.343 e. The molecule has 5 rings (SSSR count). The molecular weight excluding hydrogens is 376 g/mol. The van der Waals surface area contributed by atoms with Crippen molar-refractivity contribution in [1.29, 1.82) is 0 Å². The van der Waals surface area contributed by atoms with E-state index in [0.717, 1.165) is 12.0 Å². The number of carbonyl (C=O) groups is 2. The molecule has 1 fully saturated rings. The molecule has 0 radical (unpaired) electrons. The number of hydrogen-bond acceptors (Lipinski definition) is 8. The number of H-pyrrole nitrogens is 1. The fourth-order valence-electron chi connectivity index (χ4n) is 3.78. The van der Waals surface area contributed by atoms with Crippen molar-refractivity contribution in [3.63, 3.8) is 0 Å². The van der Waals surface area contributed by atoms with Crippen molar-refractivity contribution in [1.82, 2.24) is 30.4 Å². The molecule has 0 aliphatic heterocycles. The minimum absolute atomic E-state index is 0.134. The Morgan fingerprint density at radius 1 is 1.31 bits per heavy atom. The number of esters is 2. The normalized spacial score (nSPS) is 19.9. The first kappa shape index (κ1) is 17.5. The summed E-state index contributed by atoms with van der Waals surface area (Å²) in [4.78, 5) is 25.0. The molecule has 148 valence electrons. The van der Waals surface area contributed by atoms with Crippen molar-refractivity contribution in [2.75, 3.05) is 0 Å². The Bertz CT molecular complexity index is 1120. The van der Waals surface area contributed by atoms with Crippen LogP contribution < -0.4 is 4.74 Å². The maximum atomic E-state index is 12.5. The molecule has 29 heavy (non-hydrogen) atoms. The smallest absolute Gasteiger partial charge is 0.343 e. The van der Waals surface area contributed by atoms with Crippen LogP contribution in [0.2, 0.25) is 0 Å². The average Bonchev–Trinajstić information content (AvgIpc) is 3.04. The number of nitrogens with zero attached hydrogens (tertiary/aromatic N) is 5. The van der Waals surface area contributed by atoms with Gasteiger partial charge < -0.3 is 9.47 Å². The molecule has 1 aromatic carbocycles. The average molecular weight is 394 g/mol. The summed E-state index contributed by atoms with van der Waals surface area (Å²) in [7, 11) is 0. The number of hydrogen-bond donors (Lipinski definition) is 1. The summed E-state index contributed by atoms with van der Waals surface area (Å²) >= 11 is 0. The van der Waals surface area contributed by atoms with Gasteiger partial charge in [0.2, 0.25) is 12.1 Å². The predicted molar refractivity (Wildman–Crippen MR) is 97.8 cm³/mol. The van der Waals surface area contributed by atoms with Gasteiger partial charge in [-0.05, 0) is 43.0 Å². The number of aromatic nitrogens is 6. The maximum absolute atomic E-state index is 12.5. The zero-order valence-corrected chi connectivity index (χ0v) is 15.8. The molecule has 2 aliphatic carbocycles. The van der Waals surface area contributed by atoms with E-state index < -0.39 is 18.2 Å². The lowest BCUT2D eigenvalue weighted by molar-refractivity contribution is -0.131. The molecular formula is C19H18N6O4. The second-order valence-corrected chi connectivity index (χ2v) is 7.30. The van der Waals surface area contributed by atoms with Crippen LogP contribution in [-0.4, -0.2) is 42.3 Å². The zero-order chi connectivity index (χ0) is 20.1. The molecule has 3 unspecified atom stereocenters. The molecule has 0 amide bonds. The Balaban J connectivity index is 1.32. The van der Waals surface area contributed by atoms with Crippen molar-refractivity contribution >= 4 is 11.9 Å². The fourth-order valence-corrected chi connectivity index (χ4v) is 3.78. The van der Waals surface area contributed by atoms with Crippen LogP contribution in [0.5, 0.6) is 5.75 Å². The highest BCUT2D eigenvalue weighted by Crippen LogP contribution is 2.56. The van der Waals surface area contributed by atoms with Gasteiger partial charge in [0.05, 0.1) is 0 Å². The summed E-state index contributed by atoms with van der Waals surface area (Å²) in [6.07, 6.45) is 1.39. The highest BCUT2D eigenvalue weighted by molar-refractivity contribution is 5.93. The Hall–Kier alpha value is -3.56. The number of fused-ring (bicyclic) bond motifs is 3. The standard InChI is InChI=1S/C19H18N6O4/c1-9(28-19(27)12-5-3-4-6-15(12)29-10(2)26)25-23-18(22-24-25)17-14-8-11-7-13(11)16(14)20-21-17/h3-6,9,11,13H,7-8H2,1-2H3,(H,20,21). The first-order valence-electron chi connectivity index (χ1n) is 9.36. The second-order valence-electron chi connectivity index (χ2n) is 7.30. The monoisotopic (exact) mass is 394 g/mol. The van der Waals surface area contributed by atoms with Gasteiger partial charge in [-0.25, -0.2) is 4.79 Å². The van der Waals surface area contributed by atoms with Crippen molar-refractivity contribution in [2.45, 2.75) is 38.8 Å². The molecule has 10 heteroatoms. The molecule has 3 aromatic rings.